The van der Waals surface area contributed by atoms with Gasteiger partial charge in [0.25, 0.3) is 0 Å². The van der Waals surface area contributed by atoms with E-state index >= 15 is 0 Å². The molecule has 0 atom stereocenters. The highest BCUT2D eigenvalue weighted by atomic mass is 35.5. The molecule has 124 valence electrons. The zero-order valence-corrected chi connectivity index (χ0v) is 14.6. The molecular weight excluding hydrogens is 334 g/mol. The van der Waals surface area contributed by atoms with Crippen LogP contribution >= 0.6 is 11.6 Å². The van der Waals surface area contributed by atoms with Gasteiger partial charge in [-0.05, 0) is 49.2 Å². The second-order valence-electron chi connectivity index (χ2n) is 5.15. The lowest BCUT2D eigenvalue weighted by molar-refractivity contribution is 0.300. The molecule has 0 spiro atoms. The highest BCUT2D eigenvalue weighted by Crippen LogP contribution is 2.16. The van der Waals surface area contributed by atoms with Crippen molar-refractivity contribution in [3.05, 3.63) is 59.6 Å². The molecule has 2 rings (SSSR count). The molecule has 0 saturated heterocycles. The van der Waals surface area contributed by atoms with Gasteiger partial charge in [-0.15, -0.1) is 0 Å². The third kappa shape index (κ3) is 5.23. The minimum Gasteiger partial charge on any atom is -0.494 e. The maximum absolute atomic E-state index is 12.3. The van der Waals surface area contributed by atoms with E-state index in [-0.39, 0.29) is 0 Å². The lowest BCUT2D eigenvalue weighted by Gasteiger charge is -2.17. The molecular formula is C17H20ClNO3S. The predicted octanol–water partition coefficient (Wildman–Crippen LogP) is 3.82. The van der Waals surface area contributed by atoms with Crippen LogP contribution in [0, 0.1) is 0 Å². The van der Waals surface area contributed by atoms with Gasteiger partial charge in [0.05, 0.1) is 11.5 Å². The van der Waals surface area contributed by atoms with Crippen molar-refractivity contribution in [1.29, 1.82) is 0 Å². The van der Waals surface area contributed by atoms with Crippen molar-refractivity contribution in [3.8, 4) is 5.75 Å². The summed E-state index contributed by atoms with van der Waals surface area (Å²) in [4.78, 5) is 0.319. The van der Waals surface area contributed by atoms with Crippen molar-refractivity contribution < 1.29 is 13.2 Å². The Balaban J connectivity index is 1.74. The average Bonchev–Trinajstić information content (AvgIpc) is 2.57. The summed E-state index contributed by atoms with van der Waals surface area (Å²) >= 11 is 5.81. The Bertz CT molecular complexity index is 702. The molecule has 2 aromatic rings. The summed E-state index contributed by atoms with van der Waals surface area (Å²) in [6, 6.07) is 15.6. The third-order valence-corrected chi connectivity index (χ3v) is 5.52. The highest BCUT2D eigenvalue weighted by molar-refractivity contribution is 7.89. The molecule has 23 heavy (non-hydrogen) atoms. The Kier molecular flexibility index (Phi) is 6.45. The van der Waals surface area contributed by atoms with Gasteiger partial charge in [-0.25, -0.2) is 12.7 Å². The van der Waals surface area contributed by atoms with E-state index < -0.39 is 10.0 Å². The van der Waals surface area contributed by atoms with E-state index in [2.05, 4.69) is 0 Å². The molecule has 0 aliphatic rings. The summed E-state index contributed by atoms with van der Waals surface area (Å²) in [5, 5.41) is 0.671. The zero-order valence-electron chi connectivity index (χ0n) is 13.0. The maximum Gasteiger partial charge on any atom is 0.242 e. The van der Waals surface area contributed by atoms with E-state index in [0.717, 1.165) is 18.6 Å². The number of halogens is 1. The van der Waals surface area contributed by atoms with Crippen LogP contribution in [-0.2, 0) is 10.0 Å². The first-order valence-corrected chi connectivity index (χ1v) is 9.22. The number of rotatable bonds is 8. The minimum absolute atomic E-state index is 0.319. The van der Waals surface area contributed by atoms with Crippen LogP contribution in [-0.4, -0.2) is 32.9 Å². The zero-order chi connectivity index (χ0) is 16.7. The summed E-state index contributed by atoms with van der Waals surface area (Å²) in [6.45, 7) is 1.00. The van der Waals surface area contributed by atoms with Crippen molar-refractivity contribution in [3.63, 3.8) is 0 Å². The second kappa shape index (κ2) is 8.34. The molecule has 0 N–H and O–H groups in total. The number of nitrogens with zero attached hydrogens (tertiary/aromatic N) is 1. The largest absolute Gasteiger partial charge is 0.494 e. The maximum atomic E-state index is 12.3. The fraction of sp³-hybridized carbons (Fsp3) is 0.294. The van der Waals surface area contributed by atoms with Crippen LogP contribution < -0.4 is 4.74 Å². The van der Waals surface area contributed by atoms with E-state index in [1.165, 1.54) is 4.31 Å². The van der Waals surface area contributed by atoms with Gasteiger partial charge >= 0.3 is 0 Å². The normalized spacial score (nSPS) is 11.6. The van der Waals surface area contributed by atoms with Crippen LogP contribution in [0.2, 0.25) is 5.02 Å². The highest BCUT2D eigenvalue weighted by Gasteiger charge is 2.19. The van der Waals surface area contributed by atoms with Crippen molar-refractivity contribution in [2.75, 3.05) is 20.2 Å². The topological polar surface area (TPSA) is 46.6 Å². The SMILES string of the molecule is CN(CCCCOc1ccc(Cl)cc1)S(=O)(=O)c1ccccc1. The first-order chi connectivity index (χ1) is 11.0. The lowest BCUT2D eigenvalue weighted by atomic mass is 10.3. The van der Waals surface area contributed by atoms with Crippen molar-refractivity contribution in [1.82, 2.24) is 4.31 Å². The fourth-order valence-electron chi connectivity index (χ4n) is 2.05. The summed E-state index contributed by atoms with van der Waals surface area (Å²) in [6.07, 6.45) is 1.51. The van der Waals surface area contributed by atoms with Crippen LogP contribution in [0.1, 0.15) is 12.8 Å². The molecule has 0 amide bonds. The predicted molar refractivity (Wildman–Crippen MR) is 92.4 cm³/mol. The van der Waals surface area contributed by atoms with Gasteiger partial charge in [-0.1, -0.05) is 29.8 Å². The summed E-state index contributed by atoms with van der Waals surface area (Å²) in [7, 11) is -1.81. The van der Waals surface area contributed by atoms with Crippen molar-refractivity contribution in [2.45, 2.75) is 17.7 Å². The summed E-state index contributed by atoms with van der Waals surface area (Å²) in [5.74, 6) is 0.764. The molecule has 0 heterocycles. The smallest absolute Gasteiger partial charge is 0.242 e. The molecule has 2 aromatic carbocycles. The Morgan fingerprint density at radius 2 is 1.65 bits per heavy atom. The number of ether oxygens (including phenoxy) is 1. The molecule has 0 aromatic heterocycles. The fourth-order valence-corrected chi connectivity index (χ4v) is 3.41. The number of hydrogen-bond donors (Lipinski definition) is 0. The van der Waals surface area contributed by atoms with Gasteiger partial charge in [0.2, 0.25) is 10.0 Å². The lowest BCUT2D eigenvalue weighted by Crippen LogP contribution is -2.28. The summed E-state index contributed by atoms with van der Waals surface area (Å²) < 4.78 is 31.6. The van der Waals surface area contributed by atoms with Crippen molar-refractivity contribution >= 4 is 21.6 Å². The van der Waals surface area contributed by atoms with E-state index in [4.69, 9.17) is 16.3 Å². The second-order valence-corrected chi connectivity index (χ2v) is 7.63. The van der Waals surface area contributed by atoms with Crippen LogP contribution in [0.4, 0.5) is 0 Å². The first kappa shape index (κ1) is 17.8. The van der Waals surface area contributed by atoms with Gasteiger partial charge in [-0.2, -0.15) is 0 Å². The van der Waals surface area contributed by atoms with E-state index in [1.807, 2.05) is 12.1 Å². The number of benzene rings is 2. The Morgan fingerprint density at radius 1 is 1.00 bits per heavy atom. The molecule has 4 nitrogen and oxygen atoms in total. The Labute approximate surface area is 142 Å². The van der Waals surface area contributed by atoms with Gasteiger partial charge in [0.15, 0.2) is 0 Å². The van der Waals surface area contributed by atoms with Gasteiger partial charge < -0.3 is 4.74 Å². The van der Waals surface area contributed by atoms with Crippen molar-refractivity contribution in [2.24, 2.45) is 0 Å². The molecule has 0 saturated carbocycles. The Morgan fingerprint density at radius 3 is 2.30 bits per heavy atom. The molecule has 0 bridgehead atoms. The first-order valence-electron chi connectivity index (χ1n) is 7.40. The average molecular weight is 354 g/mol. The Hall–Kier alpha value is -1.56. The molecule has 0 unspecified atom stereocenters. The minimum atomic E-state index is -3.41. The quantitative estimate of drug-likeness (QED) is 0.678. The third-order valence-electron chi connectivity index (χ3n) is 3.40. The number of hydrogen-bond acceptors (Lipinski definition) is 3. The standard InChI is InChI=1S/C17H20ClNO3S/c1-19(23(20,21)17-7-3-2-4-8-17)13-5-6-14-22-16-11-9-15(18)10-12-16/h2-4,7-12H,5-6,13-14H2,1H3. The number of unbranched alkanes of at least 4 members (excludes halogenated alkanes) is 1. The van der Waals surface area contributed by atoms with E-state index in [9.17, 15) is 8.42 Å². The van der Waals surface area contributed by atoms with Crippen LogP contribution in [0.3, 0.4) is 0 Å². The van der Waals surface area contributed by atoms with Gasteiger partial charge in [0.1, 0.15) is 5.75 Å². The number of sulfonamides is 1. The van der Waals surface area contributed by atoms with Gasteiger partial charge in [-0.3, -0.25) is 0 Å². The van der Waals surface area contributed by atoms with Crippen LogP contribution in [0.25, 0.3) is 0 Å². The van der Waals surface area contributed by atoms with Crippen LogP contribution in [0.15, 0.2) is 59.5 Å². The molecule has 0 radical (unpaired) electrons. The van der Waals surface area contributed by atoms with Crippen LogP contribution in [0.5, 0.6) is 5.75 Å². The molecule has 6 heteroatoms. The monoisotopic (exact) mass is 353 g/mol. The molecule has 0 fully saturated rings. The molecule has 0 aliphatic carbocycles. The summed E-state index contributed by atoms with van der Waals surface area (Å²) in [5.41, 5.74) is 0. The molecule has 0 aliphatic heterocycles. The van der Waals surface area contributed by atoms with Gasteiger partial charge in [0, 0.05) is 18.6 Å². The van der Waals surface area contributed by atoms with E-state index in [0.29, 0.717) is 23.1 Å². The van der Waals surface area contributed by atoms with E-state index in [1.54, 1.807) is 49.5 Å².